The summed E-state index contributed by atoms with van der Waals surface area (Å²) in [5, 5.41) is 54.1. The molecule has 1 aromatic heterocycles. The summed E-state index contributed by atoms with van der Waals surface area (Å²) < 4.78 is 4.65. The molecule has 0 amide bonds. The number of benzene rings is 1. The third kappa shape index (κ3) is 2.68. The van der Waals surface area contributed by atoms with E-state index in [1.165, 1.54) is 0 Å². The van der Waals surface area contributed by atoms with Crippen LogP contribution in [0.25, 0.3) is 11.0 Å². The molecule has 0 aliphatic rings. The van der Waals surface area contributed by atoms with E-state index in [2.05, 4.69) is 4.42 Å². The van der Waals surface area contributed by atoms with Crippen molar-refractivity contribution in [3.05, 3.63) is 33.6 Å². The second-order valence-electron chi connectivity index (χ2n) is 4.84. The Morgan fingerprint density at radius 3 is 1.19 bits per heavy atom. The molecular formula is C14H6O13. The van der Waals surface area contributed by atoms with Crippen molar-refractivity contribution in [2.45, 2.75) is 0 Å². The van der Waals surface area contributed by atoms with Crippen molar-refractivity contribution in [3.63, 3.8) is 0 Å². The molecule has 0 aliphatic carbocycles. The minimum absolute atomic E-state index is 1.17. The summed E-state index contributed by atoms with van der Waals surface area (Å²) >= 11 is 0. The van der Waals surface area contributed by atoms with Crippen LogP contribution >= 0.6 is 0 Å². The highest BCUT2D eigenvalue weighted by molar-refractivity contribution is 6.26. The van der Waals surface area contributed by atoms with Crippen LogP contribution in [0, 0.1) is 0 Å². The molecule has 0 saturated carbocycles. The molecule has 0 bridgehead atoms. The number of aromatic carboxylic acids is 6. The lowest BCUT2D eigenvalue weighted by Crippen LogP contribution is -2.20. The molecule has 2 rings (SSSR count). The van der Waals surface area contributed by atoms with Gasteiger partial charge < -0.3 is 35.1 Å². The lowest BCUT2D eigenvalue weighted by Gasteiger charge is -2.11. The summed E-state index contributed by atoms with van der Waals surface area (Å²) in [6.07, 6.45) is 0. The molecule has 0 atom stereocenters. The number of furan rings is 1. The molecule has 0 fully saturated rings. The largest absolute Gasteiger partial charge is 0.478 e. The highest BCUT2D eigenvalue weighted by atomic mass is 16.4. The first-order valence-electron chi connectivity index (χ1n) is 6.47. The molecule has 1 aromatic carbocycles. The number of fused-ring (bicyclic) bond motifs is 1. The van der Waals surface area contributed by atoms with E-state index in [1.807, 2.05) is 0 Å². The highest BCUT2D eigenvalue weighted by Crippen LogP contribution is 2.37. The lowest BCUT2D eigenvalue weighted by molar-refractivity contribution is 0.0620. The first kappa shape index (κ1) is 18.9. The molecule has 13 nitrogen and oxygen atoms in total. The van der Waals surface area contributed by atoms with Crippen LogP contribution in [0.2, 0.25) is 0 Å². The quantitative estimate of drug-likeness (QED) is 0.402. The van der Waals surface area contributed by atoms with Gasteiger partial charge in [-0.2, -0.15) is 0 Å². The Hall–Kier alpha value is -4.42. The Morgan fingerprint density at radius 2 is 0.852 bits per heavy atom. The van der Waals surface area contributed by atoms with Crippen LogP contribution in [0.3, 0.4) is 0 Å². The van der Waals surface area contributed by atoms with Crippen molar-refractivity contribution in [1.29, 1.82) is 0 Å². The van der Waals surface area contributed by atoms with Gasteiger partial charge in [0.2, 0.25) is 5.76 Å². The normalized spacial score (nSPS) is 10.5. The van der Waals surface area contributed by atoms with Crippen molar-refractivity contribution in [2.24, 2.45) is 0 Å². The van der Waals surface area contributed by atoms with Crippen LogP contribution in [-0.2, 0) is 0 Å². The van der Waals surface area contributed by atoms with E-state index < -0.39 is 80.4 Å². The van der Waals surface area contributed by atoms with Gasteiger partial charge >= 0.3 is 35.8 Å². The number of carboxylic acid groups (broad SMARTS) is 6. The molecule has 0 radical (unpaired) electrons. The number of hydrogen-bond acceptors (Lipinski definition) is 7. The molecule has 140 valence electrons. The number of carboxylic acids is 6. The monoisotopic (exact) mass is 382 g/mol. The molecule has 0 spiro atoms. The van der Waals surface area contributed by atoms with E-state index in [1.54, 1.807) is 0 Å². The summed E-state index contributed by atoms with van der Waals surface area (Å²) in [5.74, 6) is -14.1. The molecule has 0 aliphatic heterocycles. The minimum atomic E-state index is -2.19. The van der Waals surface area contributed by atoms with Crippen LogP contribution < -0.4 is 0 Å². The van der Waals surface area contributed by atoms with Gasteiger partial charge in [0.05, 0.1) is 22.1 Å². The maximum atomic E-state index is 11.6. The summed E-state index contributed by atoms with van der Waals surface area (Å²) in [5.41, 5.74) is -8.44. The van der Waals surface area contributed by atoms with Crippen LogP contribution in [0.1, 0.15) is 62.3 Å². The molecule has 0 unspecified atom stereocenters. The molecule has 1 heterocycles. The molecule has 0 saturated heterocycles. The summed E-state index contributed by atoms with van der Waals surface area (Å²) in [6, 6.07) is 0. The molecule has 6 N–H and O–H groups in total. The molecule has 27 heavy (non-hydrogen) atoms. The average molecular weight is 382 g/mol. The van der Waals surface area contributed by atoms with Gasteiger partial charge in [-0.15, -0.1) is 0 Å². The molecule has 13 heteroatoms. The first-order valence-corrected chi connectivity index (χ1v) is 6.47. The predicted octanol–water partition coefficient (Wildman–Crippen LogP) is 0.622. The standard InChI is InChI=1S/C14H6O13/c15-9(16)2-1-5(12(21)22)8(14(25)26)27-7(1)6(13(23)24)4(11(19)20)3(2)10(17)18/h(H,15,16)(H,17,18)(H,19,20)(H,21,22)(H,23,24)(H,25,26). The highest BCUT2D eigenvalue weighted by Gasteiger charge is 2.39. The fraction of sp³-hybridized carbons (Fsp3) is 0. The fourth-order valence-corrected chi connectivity index (χ4v) is 2.53. The van der Waals surface area contributed by atoms with Gasteiger partial charge in [0.1, 0.15) is 11.1 Å². The van der Waals surface area contributed by atoms with Crippen molar-refractivity contribution < 1.29 is 63.8 Å². The third-order valence-electron chi connectivity index (χ3n) is 3.40. The Morgan fingerprint density at radius 1 is 0.481 bits per heavy atom. The van der Waals surface area contributed by atoms with Gasteiger partial charge in [-0.1, -0.05) is 0 Å². The van der Waals surface area contributed by atoms with E-state index in [9.17, 15) is 54.3 Å². The second-order valence-corrected chi connectivity index (χ2v) is 4.84. The topological polar surface area (TPSA) is 237 Å². The van der Waals surface area contributed by atoms with Crippen LogP contribution in [-0.4, -0.2) is 66.5 Å². The van der Waals surface area contributed by atoms with Gasteiger partial charge in [-0.25, -0.2) is 28.8 Å². The zero-order chi connectivity index (χ0) is 20.8. The van der Waals surface area contributed by atoms with Gasteiger partial charge in [0, 0.05) is 0 Å². The first-order chi connectivity index (χ1) is 12.4. The Bertz CT molecular complexity index is 1080. The van der Waals surface area contributed by atoms with Crippen molar-refractivity contribution in [3.8, 4) is 0 Å². The zero-order valence-corrected chi connectivity index (χ0v) is 12.5. The zero-order valence-electron chi connectivity index (χ0n) is 12.5. The number of hydrogen-bond donors (Lipinski definition) is 6. The van der Waals surface area contributed by atoms with Crippen LogP contribution in [0.5, 0.6) is 0 Å². The maximum Gasteiger partial charge on any atom is 0.372 e. The fourth-order valence-electron chi connectivity index (χ4n) is 2.53. The summed E-state index contributed by atoms with van der Waals surface area (Å²) in [6.45, 7) is 0. The van der Waals surface area contributed by atoms with Crippen molar-refractivity contribution in [1.82, 2.24) is 0 Å². The summed E-state index contributed by atoms with van der Waals surface area (Å²) in [4.78, 5) is 68.6. The van der Waals surface area contributed by atoms with Crippen LogP contribution in [0.15, 0.2) is 4.42 Å². The van der Waals surface area contributed by atoms with Gasteiger partial charge in [0.15, 0.2) is 5.58 Å². The molecular weight excluding hydrogens is 376 g/mol. The Labute approximate surface area is 145 Å². The minimum Gasteiger partial charge on any atom is -0.478 e. The Kier molecular flexibility index (Phi) is 4.30. The van der Waals surface area contributed by atoms with Crippen LogP contribution in [0.4, 0.5) is 0 Å². The van der Waals surface area contributed by atoms with E-state index >= 15 is 0 Å². The average Bonchev–Trinajstić information content (AvgIpc) is 2.91. The van der Waals surface area contributed by atoms with E-state index in [4.69, 9.17) is 5.11 Å². The maximum absolute atomic E-state index is 11.6. The van der Waals surface area contributed by atoms with E-state index in [0.717, 1.165) is 0 Å². The number of rotatable bonds is 6. The van der Waals surface area contributed by atoms with Gasteiger partial charge in [0.25, 0.3) is 0 Å². The van der Waals surface area contributed by atoms with Gasteiger partial charge in [-0.3, -0.25) is 0 Å². The van der Waals surface area contributed by atoms with Gasteiger partial charge in [-0.05, 0) is 0 Å². The predicted molar refractivity (Wildman–Crippen MR) is 78.0 cm³/mol. The summed E-state index contributed by atoms with van der Waals surface area (Å²) in [7, 11) is 0. The van der Waals surface area contributed by atoms with E-state index in [0.29, 0.717) is 0 Å². The second kappa shape index (κ2) is 6.14. The van der Waals surface area contributed by atoms with Crippen molar-refractivity contribution in [2.75, 3.05) is 0 Å². The SMILES string of the molecule is O=C(O)c1oc2c(C(=O)O)c(C(=O)O)c(C(=O)O)c(C(=O)O)c2c1C(=O)O. The third-order valence-corrected chi connectivity index (χ3v) is 3.40. The smallest absolute Gasteiger partial charge is 0.372 e. The lowest BCUT2D eigenvalue weighted by atomic mass is 9.90. The number of carbonyl (C=O) groups is 6. The van der Waals surface area contributed by atoms with E-state index in [-0.39, 0.29) is 0 Å². The van der Waals surface area contributed by atoms with Crippen molar-refractivity contribution >= 4 is 46.8 Å². The molecule has 2 aromatic rings. The Balaban J connectivity index is 3.44.